The van der Waals surface area contributed by atoms with E-state index in [4.69, 9.17) is 0 Å². The largest absolute Gasteiger partial charge is 0.481 e. The standard InChI is InChI=1S/C13H17NO3S/c1-13(2)7-8(3-4-9(13)12(16)17)10(15)11-14-5-6-18-11/h5-6,8-9H,3-4,7H2,1-2H3,(H,16,17)/t8-,9-/m1/s1. The highest BCUT2D eigenvalue weighted by molar-refractivity contribution is 7.11. The number of thiazole rings is 1. The number of carbonyl (C=O) groups excluding carboxylic acids is 1. The van der Waals surface area contributed by atoms with Crippen LogP contribution < -0.4 is 0 Å². The van der Waals surface area contributed by atoms with Gasteiger partial charge in [0.25, 0.3) is 0 Å². The first-order valence-corrected chi connectivity index (χ1v) is 6.96. The number of ketones is 1. The summed E-state index contributed by atoms with van der Waals surface area (Å²) in [5, 5.41) is 11.5. The monoisotopic (exact) mass is 267 g/mol. The molecule has 5 heteroatoms. The van der Waals surface area contributed by atoms with Gasteiger partial charge in [0.05, 0.1) is 5.92 Å². The highest BCUT2D eigenvalue weighted by Gasteiger charge is 2.43. The number of carbonyl (C=O) groups is 2. The van der Waals surface area contributed by atoms with Gasteiger partial charge >= 0.3 is 5.97 Å². The second-order valence-electron chi connectivity index (χ2n) is 5.56. The average Bonchev–Trinajstić information content (AvgIpc) is 2.79. The maximum atomic E-state index is 12.2. The van der Waals surface area contributed by atoms with Crippen LogP contribution >= 0.6 is 11.3 Å². The lowest BCUT2D eigenvalue weighted by atomic mass is 9.64. The van der Waals surface area contributed by atoms with Crippen molar-refractivity contribution in [2.24, 2.45) is 17.3 Å². The van der Waals surface area contributed by atoms with E-state index in [0.29, 0.717) is 24.3 Å². The molecule has 0 aromatic carbocycles. The minimum atomic E-state index is -0.750. The summed E-state index contributed by atoms with van der Waals surface area (Å²) >= 11 is 1.35. The first-order valence-electron chi connectivity index (χ1n) is 6.08. The molecule has 0 radical (unpaired) electrons. The van der Waals surface area contributed by atoms with Crippen molar-refractivity contribution >= 4 is 23.1 Å². The van der Waals surface area contributed by atoms with Gasteiger partial charge in [0.1, 0.15) is 0 Å². The van der Waals surface area contributed by atoms with Gasteiger partial charge in [0, 0.05) is 17.5 Å². The Morgan fingerprint density at radius 2 is 2.17 bits per heavy atom. The molecule has 18 heavy (non-hydrogen) atoms. The van der Waals surface area contributed by atoms with Crippen molar-refractivity contribution in [1.29, 1.82) is 0 Å². The molecule has 0 bridgehead atoms. The zero-order chi connectivity index (χ0) is 13.3. The predicted octanol–water partition coefficient (Wildman–Crippen LogP) is 2.85. The number of carboxylic acids is 1. The second kappa shape index (κ2) is 4.80. The van der Waals surface area contributed by atoms with Crippen molar-refractivity contribution in [3.05, 3.63) is 16.6 Å². The first kappa shape index (κ1) is 13.2. The van der Waals surface area contributed by atoms with Gasteiger partial charge in [0.2, 0.25) is 0 Å². The van der Waals surface area contributed by atoms with Crippen molar-refractivity contribution in [2.75, 3.05) is 0 Å². The molecular weight excluding hydrogens is 250 g/mol. The third kappa shape index (κ3) is 2.46. The van der Waals surface area contributed by atoms with E-state index in [9.17, 15) is 14.7 Å². The Hall–Kier alpha value is -1.23. The molecule has 1 aliphatic rings. The minimum absolute atomic E-state index is 0.0712. The third-order valence-corrected chi connectivity index (χ3v) is 4.62. The number of hydrogen-bond donors (Lipinski definition) is 1. The van der Waals surface area contributed by atoms with E-state index in [1.54, 1.807) is 11.6 Å². The normalized spacial score (nSPS) is 26.8. The van der Waals surface area contributed by atoms with Crippen LogP contribution in [0.15, 0.2) is 11.6 Å². The van der Waals surface area contributed by atoms with Crippen LogP contribution in [0.2, 0.25) is 0 Å². The summed E-state index contributed by atoms with van der Waals surface area (Å²) in [6.07, 6.45) is 3.48. The molecule has 0 aliphatic heterocycles. The molecule has 0 amide bonds. The van der Waals surface area contributed by atoms with Gasteiger partial charge in [0.15, 0.2) is 10.8 Å². The van der Waals surface area contributed by atoms with Gasteiger partial charge in [-0.25, -0.2) is 4.98 Å². The molecular formula is C13H17NO3S. The van der Waals surface area contributed by atoms with Crippen LogP contribution in [0, 0.1) is 17.3 Å². The van der Waals surface area contributed by atoms with E-state index in [0.717, 1.165) is 0 Å². The molecule has 1 N–H and O–H groups in total. The van der Waals surface area contributed by atoms with E-state index >= 15 is 0 Å². The zero-order valence-corrected chi connectivity index (χ0v) is 11.4. The molecule has 2 rings (SSSR count). The maximum absolute atomic E-state index is 12.2. The fraction of sp³-hybridized carbons (Fsp3) is 0.615. The van der Waals surface area contributed by atoms with E-state index in [-0.39, 0.29) is 23.0 Å². The lowest BCUT2D eigenvalue weighted by Crippen LogP contribution is -2.39. The van der Waals surface area contributed by atoms with Gasteiger partial charge in [-0.1, -0.05) is 13.8 Å². The van der Waals surface area contributed by atoms with Crippen molar-refractivity contribution in [1.82, 2.24) is 4.98 Å². The van der Waals surface area contributed by atoms with Crippen LogP contribution in [0.1, 0.15) is 42.9 Å². The zero-order valence-electron chi connectivity index (χ0n) is 10.5. The van der Waals surface area contributed by atoms with Gasteiger partial charge in [-0.2, -0.15) is 0 Å². The topological polar surface area (TPSA) is 67.3 Å². The van der Waals surface area contributed by atoms with Gasteiger partial charge in [-0.3, -0.25) is 9.59 Å². The number of Topliss-reactive ketones (excluding diaryl/α,β-unsaturated/α-hetero) is 1. The van der Waals surface area contributed by atoms with E-state index in [2.05, 4.69) is 4.98 Å². The molecule has 1 aliphatic carbocycles. The summed E-state index contributed by atoms with van der Waals surface area (Å²) in [6, 6.07) is 0. The van der Waals surface area contributed by atoms with Crippen LogP contribution in [0.5, 0.6) is 0 Å². The predicted molar refractivity (Wildman–Crippen MR) is 68.7 cm³/mol. The second-order valence-corrected chi connectivity index (χ2v) is 6.45. The van der Waals surface area contributed by atoms with Crippen LogP contribution in [0.3, 0.4) is 0 Å². The SMILES string of the molecule is CC1(C)C[C@H](C(=O)c2nccs2)CC[C@@H]1C(=O)O. The van der Waals surface area contributed by atoms with Crippen molar-refractivity contribution < 1.29 is 14.7 Å². The number of carboxylic acid groups (broad SMARTS) is 1. The van der Waals surface area contributed by atoms with Crippen LogP contribution in [0.25, 0.3) is 0 Å². The highest BCUT2D eigenvalue weighted by Crippen LogP contribution is 2.44. The van der Waals surface area contributed by atoms with Crippen molar-refractivity contribution in [3.8, 4) is 0 Å². The van der Waals surface area contributed by atoms with E-state index in [1.165, 1.54) is 11.3 Å². The summed E-state index contributed by atoms with van der Waals surface area (Å²) in [5.74, 6) is -1.11. The van der Waals surface area contributed by atoms with Crippen LogP contribution in [0.4, 0.5) is 0 Å². The minimum Gasteiger partial charge on any atom is -0.481 e. The van der Waals surface area contributed by atoms with Crippen molar-refractivity contribution in [3.63, 3.8) is 0 Å². The molecule has 1 heterocycles. The lowest BCUT2D eigenvalue weighted by molar-refractivity contribution is -0.148. The van der Waals surface area contributed by atoms with E-state index < -0.39 is 5.97 Å². The molecule has 98 valence electrons. The molecule has 1 aromatic heterocycles. The molecule has 4 nitrogen and oxygen atoms in total. The maximum Gasteiger partial charge on any atom is 0.307 e. The summed E-state index contributed by atoms with van der Waals surface area (Å²) in [7, 11) is 0. The fourth-order valence-corrected chi connectivity index (χ4v) is 3.49. The van der Waals surface area contributed by atoms with Crippen molar-refractivity contribution in [2.45, 2.75) is 33.1 Å². The number of rotatable bonds is 3. The summed E-state index contributed by atoms with van der Waals surface area (Å²) in [5.41, 5.74) is -0.332. The lowest BCUT2D eigenvalue weighted by Gasteiger charge is -2.39. The number of nitrogens with zero attached hydrogens (tertiary/aromatic N) is 1. The fourth-order valence-electron chi connectivity index (χ4n) is 2.84. The summed E-state index contributed by atoms with van der Waals surface area (Å²) in [4.78, 5) is 27.5. The quantitative estimate of drug-likeness (QED) is 0.855. The Morgan fingerprint density at radius 1 is 1.44 bits per heavy atom. The Balaban J connectivity index is 2.11. The number of aromatic nitrogens is 1. The Bertz CT molecular complexity index is 453. The highest BCUT2D eigenvalue weighted by atomic mass is 32.1. The molecule has 1 saturated carbocycles. The average molecular weight is 267 g/mol. The molecule has 2 atom stereocenters. The van der Waals surface area contributed by atoms with Crippen LogP contribution in [-0.2, 0) is 4.79 Å². The number of hydrogen-bond acceptors (Lipinski definition) is 4. The Morgan fingerprint density at radius 3 is 2.67 bits per heavy atom. The van der Waals surface area contributed by atoms with E-state index in [1.807, 2.05) is 13.8 Å². The first-order chi connectivity index (χ1) is 8.42. The van der Waals surface area contributed by atoms with Crippen LogP contribution in [-0.4, -0.2) is 21.8 Å². The smallest absolute Gasteiger partial charge is 0.307 e. The summed E-state index contributed by atoms with van der Waals surface area (Å²) < 4.78 is 0. The Kier molecular flexibility index (Phi) is 3.52. The van der Waals surface area contributed by atoms with Gasteiger partial charge < -0.3 is 5.11 Å². The van der Waals surface area contributed by atoms with Gasteiger partial charge in [-0.05, 0) is 24.7 Å². The molecule has 0 unspecified atom stereocenters. The Labute approximate surface area is 110 Å². The molecule has 1 fully saturated rings. The molecule has 0 saturated heterocycles. The summed E-state index contributed by atoms with van der Waals surface area (Å²) in [6.45, 7) is 3.88. The third-order valence-electron chi connectivity index (χ3n) is 3.83. The molecule has 0 spiro atoms. The van der Waals surface area contributed by atoms with Gasteiger partial charge in [-0.15, -0.1) is 11.3 Å². The molecule has 1 aromatic rings. The number of aliphatic carboxylic acids is 1.